The van der Waals surface area contributed by atoms with Crippen LogP contribution in [0.3, 0.4) is 0 Å². The minimum absolute atomic E-state index is 0.118. The molecule has 1 aromatic heterocycles. The molecular weight excluding hydrogens is 495 g/mol. The molecule has 1 unspecified atom stereocenters. The Labute approximate surface area is 220 Å². The molecule has 5 rings (SSSR count). The first-order valence-corrected chi connectivity index (χ1v) is 12.8. The summed E-state index contributed by atoms with van der Waals surface area (Å²) in [4.78, 5) is 44.4. The molecule has 194 valence electrons. The van der Waals surface area contributed by atoms with Gasteiger partial charge in [-0.15, -0.1) is 0 Å². The Morgan fingerprint density at radius 1 is 1.05 bits per heavy atom. The van der Waals surface area contributed by atoms with Crippen LogP contribution in [0.1, 0.15) is 45.5 Å². The molecular formula is C28H30ClFN4O3. The maximum atomic E-state index is 13.7. The lowest BCUT2D eigenvalue weighted by Crippen LogP contribution is -2.46. The molecule has 0 aliphatic carbocycles. The van der Waals surface area contributed by atoms with Crippen LogP contribution in [0.4, 0.5) is 4.39 Å². The summed E-state index contributed by atoms with van der Waals surface area (Å²) in [5.74, 6) is -1.68. The lowest BCUT2D eigenvalue weighted by Gasteiger charge is -2.35. The van der Waals surface area contributed by atoms with Crippen molar-refractivity contribution in [1.82, 2.24) is 19.3 Å². The number of carbonyl (C=O) groups excluding carboxylic acids is 3. The highest BCUT2D eigenvalue weighted by molar-refractivity contribution is 6.45. The number of amides is 2. The van der Waals surface area contributed by atoms with Gasteiger partial charge < -0.3 is 14.4 Å². The van der Waals surface area contributed by atoms with Gasteiger partial charge in [-0.25, -0.2) is 4.39 Å². The van der Waals surface area contributed by atoms with Crippen LogP contribution >= 0.6 is 11.6 Å². The van der Waals surface area contributed by atoms with E-state index in [1.807, 2.05) is 17.0 Å². The first-order chi connectivity index (χ1) is 17.6. The topological polar surface area (TPSA) is 65.9 Å². The van der Waals surface area contributed by atoms with Gasteiger partial charge in [-0.3, -0.25) is 19.3 Å². The van der Waals surface area contributed by atoms with Crippen LogP contribution in [0.25, 0.3) is 10.9 Å². The van der Waals surface area contributed by atoms with Crippen LogP contribution in [-0.2, 0) is 18.4 Å². The fourth-order valence-electron chi connectivity index (χ4n) is 5.78. The molecule has 3 heterocycles. The number of Topliss-reactive ketones (excluding diaryl/α,β-unsaturated/α-hetero) is 1. The summed E-state index contributed by atoms with van der Waals surface area (Å²) in [6, 6.07) is 9.92. The number of carbonyl (C=O) groups is 3. The van der Waals surface area contributed by atoms with Gasteiger partial charge in [0.2, 0.25) is 0 Å². The zero-order chi connectivity index (χ0) is 26.5. The molecule has 0 radical (unpaired) electrons. The van der Waals surface area contributed by atoms with Crippen LogP contribution in [0.15, 0.2) is 42.6 Å². The molecule has 0 bridgehead atoms. The van der Waals surface area contributed by atoms with Crippen molar-refractivity contribution in [2.75, 3.05) is 33.7 Å². The molecule has 2 amide bonds. The van der Waals surface area contributed by atoms with Crippen molar-refractivity contribution in [1.29, 1.82) is 0 Å². The molecule has 1 spiro atoms. The van der Waals surface area contributed by atoms with E-state index in [1.54, 1.807) is 29.9 Å². The number of aryl methyl sites for hydroxylation is 1. The van der Waals surface area contributed by atoms with Gasteiger partial charge in [0, 0.05) is 57.9 Å². The second-order valence-corrected chi connectivity index (χ2v) is 10.8. The first-order valence-electron chi connectivity index (χ1n) is 12.4. The lowest BCUT2D eigenvalue weighted by atomic mass is 9.94. The number of ketones is 1. The van der Waals surface area contributed by atoms with Gasteiger partial charge in [0.25, 0.3) is 17.6 Å². The maximum Gasteiger partial charge on any atom is 0.294 e. The van der Waals surface area contributed by atoms with Gasteiger partial charge in [0.1, 0.15) is 5.82 Å². The summed E-state index contributed by atoms with van der Waals surface area (Å²) in [6.45, 7) is 2.83. The van der Waals surface area contributed by atoms with Crippen molar-refractivity contribution in [3.63, 3.8) is 0 Å². The fraction of sp³-hybridized carbons (Fsp3) is 0.393. The monoisotopic (exact) mass is 524 g/mol. The molecule has 2 fully saturated rings. The van der Waals surface area contributed by atoms with E-state index in [-0.39, 0.29) is 22.8 Å². The Hall–Kier alpha value is -3.23. The molecule has 3 aromatic rings. The quantitative estimate of drug-likeness (QED) is 0.372. The maximum absolute atomic E-state index is 13.7. The number of rotatable bonds is 5. The molecule has 2 aliphatic heterocycles. The van der Waals surface area contributed by atoms with E-state index in [2.05, 4.69) is 4.90 Å². The minimum atomic E-state index is -0.626. The molecule has 0 N–H and O–H groups in total. The van der Waals surface area contributed by atoms with Gasteiger partial charge in [0.05, 0.1) is 21.7 Å². The Kier molecular flexibility index (Phi) is 6.58. The van der Waals surface area contributed by atoms with Crippen LogP contribution < -0.4 is 0 Å². The van der Waals surface area contributed by atoms with E-state index < -0.39 is 11.7 Å². The standard InChI is InChI=1S/C28H30ClFN4O3/c1-31(2)27(37)25(35)22-16-32(3)24-14-23(29)21(13-20(22)24)26(36)33-12-10-28(17-33)9-4-11-34(28)15-18-5-7-19(30)8-6-18/h5-8,13-14,16H,4,9-12,15,17H2,1-3H3. The number of hydrogen-bond donors (Lipinski definition) is 0. The average Bonchev–Trinajstić information content (AvgIpc) is 3.57. The third-order valence-corrected chi connectivity index (χ3v) is 8.11. The fourth-order valence-corrected chi connectivity index (χ4v) is 6.02. The predicted molar refractivity (Wildman–Crippen MR) is 140 cm³/mol. The highest BCUT2D eigenvalue weighted by atomic mass is 35.5. The van der Waals surface area contributed by atoms with Crippen LogP contribution in [0.2, 0.25) is 5.02 Å². The Morgan fingerprint density at radius 2 is 1.78 bits per heavy atom. The molecule has 37 heavy (non-hydrogen) atoms. The van der Waals surface area contributed by atoms with E-state index >= 15 is 0 Å². The number of likely N-dealkylation sites (N-methyl/N-ethyl adjacent to an activating group) is 1. The molecule has 2 aromatic carbocycles. The molecule has 7 nitrogen and oxygen atoms in total. The second-order valence-electron chi connectivity index (χ2n) is 10.4. The van der Waals surface area contributed by atoms with Gasteiger partial charge >= 0.3 is 0 Å². The summed E-state index contributed by atoms with van der Waals surface area (Å²) in [5.41, 5.74) is 2.19. The predicted octanol–water partition coefficient (Wildman–Crippen LogP) is 4.12. The molecule has 9 heteroatoms. The third kappa shape index (κ3) is 4.53. The SMILES string of the molecule is CN(C)C(=O)C(=O)c1cn(C)c2cc(Cl)c(C(=O)N3CCC4(CCCN4Cc4ccc(F)cc4)C3)cc12. The molecule has 0 saturated carbocycles. The van der Waals surface area contributed by atoms with Crippen molar-refractivity contribution in [3.8, 4) is 0 Å². The highest BCUT2D eigenvalue weighted by Crippen LogP contribution is 2.40. The van der Waals surface area contributed by atoms with Crippen molar-refractivity contribution < 1.29 is 18.8 Å². The van der Waals surface area contributed by atoms with Gasteiger partial charge in [-0.1, -0.05) is 23.7 Å². The molecule has 1 atom stereocenters. The Morgan fingerprint density at radius 3 is 2.49 bits per heavy atom. The van der Waals surface area contributed by atoms with Crippen LogP contribution in [0.5, 0.6) is 0 Å². The molecule has 2 saturated heterocycles. The Balaban J connectivity index is 1.41. The van der Waals surface area contributed by atoms with E-state index in [9.17, 15) is 18.8 Å². The average molecular weight is 525 g/mol. The van der Waals surface area contributed by atoms with Crippen molar-refractivity contribution in [2.24, 2.45) is 7.05 Å². The normalized spacial score (nSPS) is 19.8. The van der Waals surface area contributed by atoms with Gasteiger partial charge in [0.15, 0.2) is 0 Å². The minimum Gasteiger partial charge on any atom is -0.350 e. The van der Waals surface area contributed by atoms with E-state index in [4.69, 9.17) is 11.6 Å². The zero-order valence-corrected chi connectivity index (χ0v) is 22.0. The van der Waals surface area contributed by atoms with E-state index in [0.717, 1.165) is 31.4 Å². The summed E-state index contributed by atoms with van der Waals surface area (Å²) in [7, 11) is 4.84. The van der Waals surface area contributed by atoms with Crippen molar-refractivity contribution in [3.05, 3.63) is 70.1 Å². The number of benzene rings is 2. The number of halogens is 2. The van der Waals surface area contributed by atoms with Crippen LogP contribution in [-0.4, -0.2) is 76.1 Å². The summed E-state index contributed by atoms with van der Waals surface area (Å²) >= 11 is 6.59. The second kappa shape index (κ2) is 9.58. The van der Waals surface area contributed by atoms with E-state index in [0.29, 0.717) is 41.1 Å². The first kappa shape index (κ1) is 25.4. The molecule has 2 aliphatic rings. The third-order valence-electron chi connectivity index (χ3n) is 7.80. The number of fused-ring (bicyclic) bond motifs is 1. The van der Waals surface area contributed by atoms with Crippen LogP contribution in [0, 0.1) is 5.82 Å². The summed E-state index contributed by atoms with van der Waals surface area (Å²) < 4.78 is 15.1. The zero-order valence-electron chi connectivity index (χ0n) is 21.3. The largest absolute Gasteiger partial charge is 0.350 e. The van der Waals surface area contributed by atoms with Gasteiger partial charge in [-0.2, -0.15) is 0 Å². The number of nitrogens with zero attached hydrogens (tertiary/aromatic N) is 4. The highest BCUT2D eigenvalue weighted by Gasteiger charge is 2.47. The number of hydrogen-bond acceptors (Lipinski definition) is 4. The summed E-state index contributed by atoms with van der Waals surface area (Å²) in [6.07, 6.45) is 4.50. The van der Waals surface area contributed by atoms with E-state index in [1.165, 1.54) is 31.1 Å². The number of likely N-dealkylation sites (tertiary alicyclic amines) is 2. The lowest BCUT2D eigenvalue weighted by molar-refractivity contribution is -0.124. The smallest absolute Gasteiger partial charge is 0.294 e. The van der Waals surface area contributed by atoms with Gasteiger partial charge in [-0.05, 0) is 55.6 Å². The van der Waals surface area contributed by atoms with Crippen molar-refractivity contribution >= 4 is 40.1 Å². The number of aromatic nitrogens is 1. The Bertz CT molecular complexity index is 1400. The summed E-state index contributed by atoms with van der Waals surface area (Å²) in [5, 5.41) is 0.843. The van der Waals surface area contributed by atoms with Crippen molar-refractivity contribution in [2.45, 2.75) is 31.3 Å².